The van der Waals surface area contributed by atoms with Gasteiger partial charge in [-0.1, -0.05) is 19.9 Å². The highest BCUT2D eigenvalue weighted by atomic mass is 19.1. The van der Waals surface area contributed by atoms with Crippen molar-refractivity contribution in [3.8, 4) is 17.2 Å². The topological polar surface area (TPSA) is 90.5 Å². The molecule has 4 aromatic rings. The lowest BCUT2D eigenvalue weighted by Gasteiger charge is -2.12. The molecule has 0 spiro atoms. The summed E-state index contributed by atoms with van der Waals surface area (Å²) < 4.78 is 18.4. The lowest BCUT2D eigenvalue weighted by atomic mass is 10.1. The molecule has 170 valence electrons. The van der Waals surface area contributed by atoms with Crippen LogP contribution < -0.4 is 5.32 Å². The number of nitrogens with one attached hydrogen (secondary N) is 1. The number of rotatable bonds is 6. The largest absolute Gasteiger partial charge is 0.310 e. The number of carbonyl (C=O) groups is 1. The fraction of sp³-hybridized carbons (Fsp3) is 0.292. The number of anilines is 1. The van der Waals surface area contributed by atoms with E-state index in [4.69, 9.17) is 0 Å². The summed E-state index contributed by atoms with van der Waals surface area (Å²) in [5.74, 6) is -0.0517. The number of hydrogen-bond donors (Lipinski definition) is 1. The highest BCUT2D eigenvalue weighted by Crippen LogP contribution is 2.23. The van der Waals surface area contributed by atoms with E-state index in [0.29, 0.717) is 28.6 Å². The lowest BCUT2D eigenvalue weighted by Crippen LogP contribution is -2.16. The number of aromatic nitrogens is 6. The van der Waals surface area contributed by atoms with Crippen LogP contribution in [0.15, 0.2) is 49.2 Å². The van der Waals surface area contributed by atoms with Gasteiger partial charge in [0.15, 0.2) is 5.82 Å². The quantitative estimate of drug-likeness (QED) is 0.453. The van der Waals surface area contributed by atoms with Crippen LogP contribution in [-0.4, -0.2) is 35.2 Å². The first-order chi connectivity index (χ1) is 15.7. The molecule has 0 radical (unpaired) electrons. The van der Waals surface area contributed by atoms with E-state index in [1.807, 2.05) is 38.5 Å². The molecular weight excluding hydrogens is 421 g/mol. The van der Waals surface area contributed by atoms with Crippen molar-refractivity contribution < 1.29 is 9.18 Å². The average Bonchev–Trinajstić information content (AvgIpc) is 3.44. The van der Waals surface area contributed by atoms with Crippen LogP contribution >= 0.6 is 0 Å². The molecule has 0 unspecified atom stereocenters. The van der Waals surface area contributed by atoms with Gasteiger partial charge >= 0.3 is 0 Å². The van der Waals surface area contributed by atoms with Crippen LogP contribution in [0.5, 0.6) is 0 Å². The fourth-order valence-electron chi connectivity index (χ4n) is 3.50. The Morgan fingerprint density at radius 2 is 1.91 bits per heavy atom. The minimum absolute atomic E-state index is 0.0760. The van der Waals surface area contributed by atoms with Crippen molar-refractivity contribution >= 4 is 11.7 Å². The van der Waals surface area contributed by atoms with Crippen molar-refractivity contribution in [2.45, 2.75) is 46.6 Å². The molecule has 0 aliphatic heterocycles. The molecule has 3 aromatic heterocycles. The minimum Gasteiger partial charge on any atom is -0.310 e. The minimum atomic E-state index is -0.603. The number of amides is 1. The van der Waals surface area contributed by atoms with Gasteiger partial charge in [0.1, 0.15) is 23.7 Å². The van der Waals surface area contributed by atoms with Gasteiger partial charge in [0.05, 0.1) is 23.3 Å². The van der Waals surface area contributed by atoms with Gasteiger partial charge < -0.3 is 14.5 Å². The van der Waals surface area contributed by atoms with Crippen molar-refractivity contribution in [2.75, 3.05) is 5.32 Å². The molecule has 0 aliphatic rings. The summed E-state index contributed by atoms with van der Waals surface area (Å²) in [5, 5.41) is 10.8. The second-order valence-electron chi connectivity index (χ2n) is 8.50. The third-order valence-electron chi connectivity index (χ3n) is 5.35. The average molecular weight is 448 g/mol. The second-order valence-corrected chi connectivity index (χ2v) is 8.50. The Bertz CT molecular complexity index is 1310. The molecule has 3 heterocycles. The Kier molecular flexibility index (Phi) is 6.04. The highest BCUT2D eigenvalue weighted by molar-refractivity contribution is 6.04. The predicted octanol–water partition coefficient (Wildman–Crippen LogP) is 4.93. The van der Waals surface area contributed by atoms with Gasteiger partial charge in [-0.3, -0.25) is 4.79 Å². The summed E-state index contributed by atoms with van der Waals surface area (Å²) >= 11 is 0. The van der Waals surface area contributed by atoms with Crippen LogP contribution in [0, 0.1) is 12.7 Å². The van der Waals surface area contributed by atoms with Crippen LogP contribution in [0.1, 0.15) is 61.3 Å². The maximum absolute atomic E-state index is 14.7. The summed E-state index contributed by atoms with van der Waals surface area (Å²) in [5.41, 5.74) is 2.79. The van der Waals surface area contributed by atoms with Gasteiger partial charge in [-0.25, -0.2) is 14.4 Å². The Hall–Kier alpha value is -3.88. The molecule has 0 saturated heterocycles. The first-order valence-electron chi connectivity index (χ1n) is 10.8. The van der Waals surface area contributed by atoms with Gasteiger partial charge in [-0.15, -0.1) is 10.2 Å². The van der Waals surface area contributed by atoms with Crippen LogP contribution in [-0.2, 0) is 0 Å². The predicted molar refractivity (Wildman–Crippen MR) is 124 cm³/mol. The molecule has 0 fully saturated rings. The zero-order valence-electron chi connectivity index (χ0n) is 19.2. The molecule has 33 heavy (non-hydrogen) atoms. The number of aryl methyl sites for hydroxylation is 1. The third kappa shape index (κ3) is 4.52. The van der Waals surface area contributed by atoms with Crippen molar-refractivity contribution in [3.05, 3.63) is 71.8 Å². The zero-order chi connectivity index (χ0) is 23.7. The van der Waals surface area contributed by atoms with Gasteiger partial charge in [-0.2, -0.15) is 0 Å². The number of pyridine rings is 1. The van der Waals surface area contributed by atoms with E-state index in [1.165, 1.54) is 12.1 Å². The third-order valence-corrected chi connectivity index (χ3v) is 5.35. The summed E-state index contributed by atoms with van der Waals surface area (Å²) in [6, 6.07) is 8.23. The van der Waals surface area contributed by atoms with Crippen molar-refractivity contribution in [2.24, 2.45) is 0 Å². The molecule has 0 aliphatic carbocycles. The number of hydrogen-bond acceptors (Lipinski definition) is 5. The van der Waals surface area contributed by atoms with Crippen LogP contribution in [0.4, 0.5) is 10.2 Å². The van der Waals surface area contributed by atoms with Crippen molar-refractivity contribution in [1.29, 1.82) is 0 Å². The number of benzene rings is 1. The van der Waals surface area contributed by atoms with E-state index in [-0.39, 0.29) is 17.5 Å². The van der Waals surface area contributed by atoms with Gasteiger partial charge in [0, 0.05) is 12.2 Å². The van der Waals surface area contributed by atoms with Gasteiger partial charge in [0.2, 0.25) is 0 Å². The summed E-state index contributed by atoms with van der Waals surface area (Å²) in [6.45, 7) is 9.92. The van der Waals surface area contributed by atoms with E-state index >= 15 is 0 Å². The van der Waals surface area contributed by atoms with E-state index in [0.717, 1.165) is 5.69 Å². The normalized spacial score (nSPS) is 11.4. The lowest BCUT2D eigenvalue weighted by molar-refractivity contribution is 0.102. The Morgan fingerprint density at radius 1 is 1.12 bits per heavy atom. The molecule has 8 nitrogen and oxygen atoms in total. The molecule has 4 rings (SSSR count). The molecule has 1 aromatic carbocycles. The molecule has 0 bridgehead atoms. The smallest absolute Gasteiger partial charge is 0.259 e. The second kappa shape index (κ2) is 8.93. The van der Waals surface area contributed by atoms with E-state index in [1.54, 1.807) is 42.3 Å². The van der Waals surface area contributed by atoms with Crippen molar-refractivity contribution in [1.82, 2.24) is 29.3 Å². The van der Waals surface area contributed by atoms with Crippen LogP contribution in [0.3, 0.4) is 0 Å². The Labute approximate surface area is 191 Å². The molecular formula is C24H26FN7O. The summed E-state index contributed by atoms with van der Waals surface area (Å²) in [6.07, 6.45) is 5.20. The van der Waals surface area contributed by atoms with Crippen LogP contribution in [0.25, 0.3) is 17.2 Å². The standard InChI is InChI=1S/C24H26FN7O/c1-14(2)20-11-31(12-26-20)21-10-17(18(25)9-16(21)5)24(33)29-22-8-6-7-19(28-22)23-30-27-13-32(23)15(3)4/h6-15H,1-5H3,(H,28,29,33). The maximum Gasteiger partial charge on any atom is 0.259 e. The first kappa shape index (κ1) is 22.3. The number of nitrogens with zero attached hydrogens (tertiary/aromatic N) is 6. The molecule has 1 amide bonds. The summed E-state index contributed by atoms with van der Waals surface area (Å²) in [4.78, 5) is 21.8. The van der Waals surface area contributed by atoms with E-state index in [2.05, 4.69) is 25.5 Å². The molecule has 0 atom stereocenters. The summed E-state index contributed by atoms with van der Waals surface area (Å²) in [7, 11) is 0. The molecule has 0 saturated carbocycles. The van der Waals surface area contributed by atoms with Gasteiger partial charge in [0.25, 0.3) is 5.91 Å². The highest BCUT2D eigenvalue weighted by Gasteiger charge is 2.18. The molecule has 1 N–H and O–H groups in total. The zero-order valence-corrected chi connectivity index (χ0v) is 19.2. The first-order valence-corrected chi connectivity index (χ1v) is 10.8. The van der Waals surface area contributed by atoms with Gasteiger partial charge in [-0.05, 0) is 56.5 Å². The number of carbonyl (C=O) groups excluding carboxylic acids is 1. The SMILES string of the molecule is Cc1cc(F)c(C(=O)Nc2cccc(-c3nncn3C(C)C)n2)cc1-n1cnc(C(C)C)c1. The van der Waals surface area contributed by atoms with Crippen LogP contribution in [0.2, 0.25) is 0 Å². The van der Waals surface area contributed by atoms with E-state index < -0.39 is 11.7 Å². The fourth-order valence-corrected chi connectivity index (χ4v) is 3.50. The monoisotopic (exact) mass is 447 g/mol. The maximum atomic E-state index is 14.7. The van der Waals surface area contributed by atoms with Crippen molar-refractivity contribution in [3.63, 3.8) is 0 Å². The Morgan fingerprint density at radius 3 is 2.61 bits per heavy atom. The van der Waals surface area contributed by atoms with E-state index in [9.17, 15) is 9.18 Å². The molecule has 9 heteroatoms. The Balaban J connectivity index is 1.63. The number of imidazole rings is 1. The number of halogens is 1.